The molecule has 0 atom stereocenters. The molecule has 0 fully saturated rings. The highest BCUT2D eigenvalue weighted by molar-refractivity contribution is 6.34. The molecule has 0 radical (unpaired) electrons. The lowest BCUT2D eigenvalue weighted by molar-refractivity contribution is 0.150. The van der Waals surface area contributed by atoms with Crippen LogP contribution in [0.5, 0.6) is 0 Å². The molecule has 2 aromatic heterocycles. The average Bonchev–Trinajstić information content (AvgIpc) is 2.70. The topological polar surface area (TPSA) is 13.6 Å². The van der Waals surface area contributed by atoms with E-state index in [0.717, 1.165) is 41.3 Å². The summed E-state index contributed by atoms with van der Waals surface area (Å²) in [6.07, 6.45) is 2.91. The van der Waals surface area contributed by atoms with Crippen LogP contribution in [0.1, 0.15) is 25.1 Å². The van der Waals surface area contributed by atoms with Crippen LogP contribution < -0.4 is 0 Å². The summed E-state index contributed by atoms with van der Waals surface area (Å²) in [6.45, 7) is 9.51. The maximum Gasteiger partial charge on any atom is 0.0715 e. The zero-order valence-electron chi connectivity index (χ0n) is 10.9. The van der Waals surface area contributed by atoms with Gasteiger partial charge in [-0.1, -0.05) is 18.2 Å². The molecule has 0 amide bonds. The van der Waals surface area contributed by atoms with Crippen molar-refractivity contribution in [2.24, 2.45) is 0 Å². The van der Waals surface area contributed by atoms with Gasteiger partial charge in [0, 0.05) is 30.5 Å². The first-order chi connectivity index (χ1) is 8.65. The Labute approximate surface area is 113 Å². The molecular formula is C15H18ClNO. The molecule has 18 heavy (non-hydrogen) atoms. The summed E-state index contributed by atoms with van der Waals surface area (Å²) in [5, 5.41) is 0.762. The fraction of sp³-hybridized carbons (Fsp3) is 0.333. The van der Waals surface area contributed by atoms with Gasteiger partial charge in [0.15, 0.2) is 0 Å². The van der Waals surface area contributed by atoms with Gasteiger partial charge in [-0.15, -0.1) is 0 Å². The normalized spacial score (nSPS) is 11.1. The molecule has 3 heteroatoms. The second-order valence-corrected chi connectivity index (χ2v) is 4.76. The first kappa shape index (κ1) is 13.2. The molecule has 0 saturated heterocycles. The van der Waals surface area contributed by atoms with Crippen LogP contribution in [-0.2, 0) is 11.2 Å². The standard InChI is InChI=1S/C15H18ClNO/c1-4-18-9-7-12-10-13(11(2)3)15-14(16)6-5-8-17(12)15/h5-6,8,10H,2,4,7,9H2,1,3H3. The number of hydrogen-bond donors (Lipinski definition) is 0. The van der Waals surface area contributed by atoms with Crippen LogP contribution in [-0.4, -0.2) is 17.6 Å². The summed E-state index contributed by atoms with van der Waals surface area (Å²) in [5.41, 5.74) is 4.40. The van der Waals surface area contributed by atoms with Crippen molar-refractivity contribution >= 4 is 22.7 Å². The number of aromatic nitrogens is 1. The number of halogens is 1. The highest BCUT2D eigenvalue weighted by Crippen LogP contribution is 2.29. The number of allylic oxidation sites excluding steroid dienone is 1. The number of nitrogens with zero attached hydrogens (tertiary/aromatic N) is 1. The van der Waals surface area contributed by atoms with Crippen molar-refractivity contribution in [3.63, 3.8) is 0 Å². The summed E-state index contributed by atoms with van der Waals surface area (Å²) in [6, 6.07) is 6.03. The van der Waals surface area contributed by atoms with Gasteiger partial charge in [0.25, 0.3) is 0 Å². The van der Waals surface area contributed by atoms with Crippen LogP contribution in [0.2, 0.25) is 5.02 Å². The fourth-order valence-electron chi connectivity index (χ4n) is 2.12. The lowest BCUT2D eigenvalue weighted by Gasteiger charge is -2.04. The quantitative estimate of drug-likeness (QED) is 0.737. The molecule has 0 aliphatic rings. The zero-order valence-corrected chi connectivity index (χ0v) is 11.6. The third-order valence-electron chi connectivity index (χ3n) is 2.99. The maximum atomic E-state index is 6.29. The van der Waals surface area contributed by atoms with Gasteiger partial charge in [-0.2, -0.15) is 0 Å². The van der Waals surface area contributed by atoms with E-state index >= 15 is 0 Å². The van der Waals surface area contributed by atoms with Crippen molar-refractivity contribution in [2.75, 3.05) is 13.2 Å². The highest BCUT2D eigenvalue weighted by atomic mass is 35.5. The molecule has 0 spiro atoms. The van der Waals surface area contributed by atoms with Crippen LogP contribution in [0.3, 0.4) is 0 Å². The Morgan fingerprint density at radius 3 is 2.94 bits per heavy atom. The van der Waals surface area contributed by atoms with Gasteiger partial charge < -0.3 is 9.14 Å². The third kappa shape index (κ3) is 2.45. The van der Waals surface area contributed by atoms with Crippen molar-refractivity contribution in [1.29, 1.82) is 0 Å². The van der Waals surface area contributed by atoms with Crippen LogP contribution in [0.25, 0.3) is 11.1 Å². The zero-order chi connectivity index (χ0) is 13.1. The van der Waals surface area contributed by atoms with Crippen molar-refractivity contribution in [3.8, 4) is 0 Å². The van der Waals surface area contributed by atoms with E-state index < -0.39 is 0 Å². The van der Waals surface area contributed by atoms with Gasteiger partial charge in [-0.3, -0.25) is 0 Å². The van der Waals surface area contributed by atoms with E-state index in [9.17, 15) is 0 Å². The average molecular weight is 264 g/mol. The largest absolute Gasteiger partial charge is 0.381 e. The summed E-state index contributed by atoms with van der Waals surface area (Å²) in [4.78, 5) is 0. The van der Waals surface area contributed by atoms with Crippen molar-refractivity contribution in [3.05, 3.63) is 47.3 Å². The van der Waals surface area contributed by atoms with Crippen molar-refractivity contribution in [1.82, 2.24) is 4.40 Å². The molecular weight excluding hydrogens is 246 g/mol. The van der Waals surface area contributed by atoms with E-state index in [1.165, 1.54) is 5.69 Å². The smallest absolute Gasteiger partial charge is 0.0715 e. The summed E-state index contributed by atoms with van der Waals surface area (Å²) in [5.74, 6) is 0. The SMILES string of the molecule is C=C(C)c1cc(CCOCC)n2cccc(Cl)c12. The molecule has 2 heterocycles. The van der Waals surface area contributed by atoms with E-state index in [0.29, 0.717) is 0 Å². The molecule has 0 aromatic carbocycles. The Bertz CT molecular complexity index is 571. The predicted molar refractivity (Wildman–Crippen MR) is 77.3 cm³/mol. The minimum atomic E-state index is 0.727. The predicted octanol–water partition coefficient (Wildman–Crippen LogP) is 4.20. The van der Waals surface area contributed by atoms with Gasteiger partial charge >= 0.3 is 0 Å². The Morgan fingerprint density at radius 1 is 1.50 bits per heavy atom. The van der Waals surface area contributed by atoms with E-state index in [1.54, 1.807) is 0 Å². The van der Waals surface area contributed by atoms with Crippen molar-refractivity contribution in [2.45, 2.75) is 20.3 Å². The highest BCUT2D eigenvalue weighted by Gasteiger charge is 2.11. The Balaban J connectivity index is 2.48. The molecule has 0 aliphatic carbocycles. The molecule has 0 N–H and O–H groups in total. The minimum absolute atomic E-state index is 0.727. The van der Waals surface area contributed by atoms with E-state index in [2.05, 4.69) is 17.0 Å². The number of pyridine rings is 1. The number of hydrogen-bond acceptors (Lipinski definition) is 1. The molecule has 2 nitrogen and oxygen atoms in total. The molecule has 0 aliphatic heterocycles. The molecule has 0 saturated carbocycles. The van der Waals surface area contributed by atoms with Crippen LogP contribution in [0.15, 0.2) is 31.0 Å². The molecule has 2 aromatic rings. The van der Waals surface area contributed by atoms with Crippen LogP contribution >= 0.6 is 11.6 Å². The second kappa shape index (κ2) is 5.59. The second-order valence-electron chi connectivity index (χ2n) is 4.35. The van der Waals surface area contributed by atoms with Gasteiger partial charge in [0.1, 0.15) is 0 Å². The monoisotopic (exact) mass is 263 g/mol. The lowest BCUT2D eigenvalue weighted by Crippen LogP contribution is -2.00. The van der Waals surface area contributed by atoms with Gasteiger partial charge in [0.05, 0.1) is 17.1 Å². The van der Waals surface area contributed by atoms with Gasteiger partial charge in [-0.25, -0.2) is 0 Å². The Morgan fingerprint density at radius 2 is 2.28 bits per heavy atom. The molecule has 96 valence electrons. The molecule has 0 unspecified atom stereocenters. The fourth-order valence-corrected chi connectivity index (χ4v) is 2.39. The number of fused-ring (bicyclic) bond motifs is 1. The molecule has 0 bridgehead atoms. The Kier molecular flexibility index (Phi) is 4.10. The van der Waals surface area contributed by atoms with Gasteiger partial charge in [-0.05, 0) is 37.6 Å². The number of ether oxygens (including phenoxy) is 1. The maximum absolute atomic E-state index is 6.29. The first-order valence-corrected chi connectivity index (χ1v) is 6.55. The number of rotatable bonds is 5. The van der Waals surface area contributed by atoms with E-state index in [4.69, 9.17) is 16.3 Å². The molecule has 2 rings (SSSR count). The van der Waals surface area contributed by atoms with E-state index in [-0.39, 0.29) is 0 Å². The Hall–Kier alpha value is -1.25. The van der Waals surface area contributed by atoms with Crippen molar-refractivity contribution < 1.29 is 4.74 Å². The van der Waals surface area contributed by atoms with Gasteiger partial charge in [0.2, 0.25) is 0 Å². The summed E-state index contributed by atoms with van der Waals surface area (Å²) in [7, 11) is 0. The third-order valence-corrected chi connectivity index (χ3v) is 3.29. The first-order valence-electron chi connectivity index (χ1n) is 6.17. The van der Waals surface area contributed by atoms with E-state index in [1.807, 2.05) is 32.2 Å². The van der Waals surface area contributed by atoms with Crippen LogP contribution in [0, 0.1) is 0 Å². The summed E-state index contributed by atoms with van der Waals surface area (Å²) < 4.78 is 7.55. The summed E-state index contributed by atoms with van der Waals surface area (Å²) >= 11 is 6.29. The minimum Gasteiger partial charge on any atom is -0.381 e. The lowest BCUT2D eigenvalue weighted by atomic mass is 10.1. The van der Waals surface area contributed by atoms with Crippen LogP contribution in [0.4, 0.5) is 0 Å².